The van der Waals surface area contributed by atoms with Crippen molar-refractivity contribution in [2.75, 3.05) is 0 Å². The summed E-state index contributed by atoms with van der Waals surface area (Å²) in [7, 11) is 0. The van der Waals surface area contributed by atoms with Gasteiger partial charge in [0.25, 0.3) is 5.56 Å². The van der Waals surface area contributed by atoms with Crippen LogP contribution in [0.15, 0.2) is 77.6 Å². The molecule has 0 saturated carbocycles. The molecule has 0 aliphatic carbocycles. The van der Waals surface area contributed by atoms with Gasteiger partial charge in [-0.15, -0.1) is 0 Å². The molecule has 1 aromatic heterocycles. The summed E-state index contributed by atoms with van der Waals surface area (Å²) < 4.78 is 7.33. The van der Waals surface area contributed by atoms with Crippen molar-refractivity contribution in [3.63, 3.8) is 0 Å². The zero-order valence-electron chi connectivity index (χ0n) is 18.4. The molecule has 168 valence electrons. The number of halogens is 1. The van der Waals surface area contributed by atoms with Crippen molar-refractivity contribution in [2.45, 2.75) is 27.0 Å². The molecule has 4 rings (SSSR count). The molecule has 0 aliphatic heterocycles. The Kier molecular flexibility index (Phi) is 6.52. The number of carboxylic acid groups (broad SMARTS) is 1. The minimum Gasteiger partial charge on any atom is -0.489 e. The molecule has 6 heteroatoms. The van der Waals surface area contributed by atoms with Gasteiger partial charge in [0.15, 0.2) is 0 Å². The number of benzene rings is 3. The van der Waals surface area contributed by atoms with Crippen molar-refractivity contribution in [2.24, 2.45) is 5.92 Å². The predicted molar refractivity (Wildman–Crippen MR) is 131 cm³/mol. The quantitative estimate of drug-likeness (QED) is 0.353. The monoisotopic (exact) mass is 461 g/mol. The molecule has 33 heavy (non-hydrogen) atoms. The molecule has 0 saturated heterocycles. The molecule has 3 aromatic carbocycles. The van der Waals surface area contributed by atoms with Gasteiger partial charge in [0, 0.05) is 27.9 Å². The highest BCUT2D eigenvalue weighted by atomic mass is 35.5. The third-order valence-electron chi connectivity index (χ3n) is 5.37. The molecule has 0 unspecified atom stereocenters. The zero-order valence-corrected chi connectivity index (χ0v) is 19.2. The lowest BCUT2D eigenvalue weighted by atomic mass is 9.96. The number of aromatic nitrogens is 1. The van der Waals surface area contributed by atoms with Crippen LogP contribution in [0, 0.1) is 5.92 Å². The van der Waals surface area contributed by atoms with Crippen molar-refractivity contribution in [1.29, 1.82) is 0 Å². The first-order chi connectivity index (χ1) is 15.8. The second-order valence-electron chi connectivity index (χ2n) is 8.33. The molecule has 0 fully saturated rings. The smallest absolute Gasteiger partial charge is 0.353 e. The number of hydrogen-bond donors (Lipinski definition) is 1. The minimum absolute atomic E-state index is 0.0382. The van der Waals surface area contributed by atoms with E-state index in [-0.39, 0.29) is 17.2 Å². The number of aromatic carboxylic acids is 1. The molecular formula is C27H24ClNO4. The van der Waals surface area contributed by atoms with E-state index in [0.29, 0.717) is 45.8 Å². The fourth-order valence-electron chi connectivity index (χ4n) is 3.93. The number of fused-ring (bicyclic) bond motifs is 1. The Morgan fingerprint density at radius 3 is 2.33 bits per heavy atom. The minimum atomic E-state index is -1.16. The summed E-state index contributed by atoms with van der Waals surface area (Å²) in [4.78, 5) is 25.8. The normalized spacial score (nSPS) is 11.2. The van der Waals surface area contributed by atoms with E-state index in [4.69, 9.17) is 16.3 Å². The Bertz CT molecular complexity index is 1360. The third kappa shape index (κ3) is 4.78. The van der Waals surface area contributed by atoms with E-state index in [1.165, 1.54) is 4.57 Å². The number of carbonyl (C=O) groups is 1. The molecule has 1 N–H and O–H groups in total. The number of pyridine rings is 1. The van der Waals surface area contributed by atoms with E-state index in [2.05, 4.69) is 0 Å². The maximum Gasteiger partial charge on any atom is 0.353 e. The first-order valence-electron chi connectivity index (χ1n) is 10.7. The van der Waals surface area contributed by atoms with Crippen LogP contribution in [-0.2, 0) is 13.2 Å². The highest BCUT2D eigenvalue weighted by Crippen LogP contribution is 2.34. The molecule has 0 bridgehead atoms. The summed E-state index contributed by atoms with van der Waals surface area (Å²) in [5.41, 5.74) is 1.78. The Hall–Kier alpha value is -3.57. The second-order valence-corrected chi connectivity index (χ2v) is 8.76. The number of carboxylic acids is 1. The van der Waals surface area contributed by atoms with E-state index >= 15 is 0 Å². The highest BCUT2D eigenvalue weighted by Gasteiger charge is 2.24. The zero-order chi connectivity index (χ0) is 23.5. The Labute approximate surface area is 196 Å². The van der Waals surface area contributed by atoms with Crippen LogP contribution >= 0.6 is 11.6 Å². The molecular weight excluding hydrogens is 438 g/mol. The lowest BCUT2D eigenvalue weighted by Crippen LogP contribution is -2.29. The summed E-state index contributed by atoms with van der Waals surface area (Å²) >= 11 is 6.08. The van der Waals surface area contributed by atoms with Gasteiger partial charge in [-0.25, -0.2) is 4.79 Å². The molecule has 0 amide bonds. The molecule has 0 spiro atoms. The van der Waals surface area contributed by atoms with Crippen molar-refractivity contribution in [3.8, 4) is 16.9 Å². The Balaban J connectivity index is 1.95. The lowest BCUT2D eigenvalue weighted by molar-refractivity contribution is 0.0683. The van der Waals surface area contributed by atoms with Crippen molar-refractivity contribution in [3.05, 3.63) is 99.4 Å². The molecule has 0 radical (unpaired) electrons. The first kappa shape index (κ1) is 22.6. The summed E-state index contributed by atoms with van der Waals surface area (Å²) in [6.45, 7) is 4.55. The van der Waals surface area contributed by atoms with Gasteiger partial charge in [0.05, 0.1) is 0 Å². The van der Waals surface area contributed by atoms with E-state index in [0.717, 1.165) is 5.56 Å². The summed E-state index contributed by atoms with van der Waals surface area (Å²) in [6, 6.07) is 21.9. The van der Waals surface area contributed by atoms with Gasteiger partial charge >= 0.3 is 5.97 Å². The SMILES string of the molecule is CC(C)Cn1c(C(=O)O)c(-c2ccc(Cl)cc2)c2cc(OCc3ccccc3)ccc2c1=O. The van der Waals surface area contributed by atoms with Crippen LogP contribution < -0.4 is 10.3 Å². The molecule has 0 aliphatic rings. The second kappa shape index (κ2) is 9.51. The number of hydrogen-bond acceptors (Lipinski definition) is 3. The van der Waals surface area contributed by atoms with Gasteiger partial charge in [-0.2, -0.15) is 0 Å². The number of rotatable bonds is 7. The molecule has 1 heterocycles. The van der Waals surface area contributed by atoms with Crippen LogP contribution in [0.1, 0.15) is 29.9 Å². The van der Waals surface area contributed by atoms with Gasteiger partial charge < -0.3 is 14.4 Å². The first-order valence-corrected chi connectivity index (χ1v) is 11.1. The Morgan fingerprint density at radius 1 is 1.00 bits per heavy atom. The van der Waals surface area contributed by atoms with Crippen molar-refractivity contribution in [1.82, 2.24) is 4.57 Å². The average Bonchev–Trinajstić information content (AvgIpc) is 2.80. The average molecular weight is 462 g/mol. The maximum atomic E-state index is 13.4. The van der Waals surface area contributed by atoms with Crippen molar-refractivity contribution >= 4 is 28.3 Å². The van der Waals surface area contributed by atoms with Crippen LogP contribution in [0.5, 0.6) is 5.75 Å². The van der Waals surface area contributed by atoms with E-state index in [9.17, 15) is 14.7 Å². The molecule has 0 atom stereocenters. The Morgan fingerprint density at radius 2 is 1.70 bits per heavy atom. The number of nitrogens with zero attached hydrogens (tertiary/aromatic N) is 1. The van der Waals surface area contributed by atoms with E-state index in [1.54, 1.807) is 42.5 Å². The predicted octanol–water partition coefficient (Wildman–Crippen LogP) is 6.26. The van der Waals surface area contributed by atoms with Gasteiger partial charge in [-0.3, -0.25) is 4.79 Å². The largest absolute Gasteiger partial charge is 0.489 e. The van der Waals surface area contributed by atoms with Crippen molar-refractivity contribution < 1.29 is 14.6 Å². The summed E-state index contributed by atoms with van der Waals surface area (Å²) in [5.74, 6) is -0.515. The van der Waals surface area contributed by atoms with Crippen LogP contribution in [0.4, 0.5) is 0 Å². The highest BCUT2D eigenvalue weighted by molar-refractivity contribution is 6.30. The van der Waals surface area contributed by atoms with Crippen LogP contribution in [0.25, 0.3) is 21.9 Å². The summed E-state index contributed by atoms with van der Waals surface area (Å²) in [6.07, 6.45) is 0. The van der Waals surface area contributed by atoms with Gasteiger partial charge in [-0.05, 0) is 47.4 Å². The van der Waals surface area contributed by atoms with E-state index in [1.807, 2.05) is 44.2 Å². The molecule has 4 aromatic rings. The fourth-order valence-corrected chi connectivity index (χ4v) is 4.05. The number of ether oxygens (including phenoxy) is 1. The maximum absolute atomic E-state index is 13.4. The topological polar surface area (TPSA) is 68.5 Å². The fraction of sp³-hybridized carbons (Fsp3) is 0.185. The third-order valence-corrected chi connectivity index (χ3v) is 5.63. The van der Waals surface area contributed by atoms with Crippen LogP contribution in [0.3, 0.4) is 0 Å². The van der Waals surface area contributed by atoms with Crippen LogP contribution in [0.2, 0.25) is 5.02 Å². The molecule has 5 nitrogen and oxygen atoms in total. The van der Waals surface area contributed by atoms with Crippen LogP contribution in [-0.4, -0.2) is 15.6 Å². The van der Waals surface area contributed by atoms with E-state index < -0.39 is 5.97 Å². The van der Waals surface area contributed by atoms with Gasteiger partial charge in [0.1, 0.15) is 18.1 Å². The lowest BCUT2D eigenvalue weighted by Gasteiger charge is -2.19. The van der Waals surface area contributed by atoms with Gasteiger partial charge in [0.2, 0.25) is 0 Å². The van der Waals surface area contributed by atoms with Gasteiger partial charge in [-0.1, -0.05) is 67.9 Å². The summed E-state index contributed by atoms with van der Waals surface area (Å²) in [5, 5.41) is 11.7. The standard InChI is InChI=1S/C27H24ClNO4/c1-17(2)15-29-25(27(31)32)24(19-8-10-20(28)11-9-19)23-14-21(12-13-22(23)26(29)30)33-16-18-6-4-3-5-7-18/h3-14,17H,15-16H2,1-2H3,(H,31,32).